The van der Waals surface area contributed by atoms with Gasteiger partial charge in [-0.15, -0.1) is 0 Å². The molecular weight excluding hydrogens is 230 g/mol. The number of ether oxygens (including phenoxy) is 1. The van der Waals surface area contributed by atoms with Crippen molar-refractivity contribution in [1.29, 1.82) is 0 Å². The number of carbonyl (C=O) groups excluding carboxylic acids is 1. The van der Waals surface area contributed by atoms with Crippen LogP contribution in [0.25, 0.3) is 0 Å². The lowest BCUT2D eigenvalue weighted by Crippen LogP contribution is -2.51. The molecule has 2 heterocycles. The summed E-state index contributed by atoms with van der Waals surface area (Å²) in [6.07, 6.45) is 3.36. The van der Waals surface area contributed by atoms with Crippen molar-refractivity contribution in [1.82, 2.24) is 4.98 Å². The number of carbonyl (C=O) groups is 1. The molecule has 2 unspecified atom stereocenters. The minimum atomic E-state index is -0.640. The first-order valence-corrected chi connectivity index (χ1v) is 6.15. The van der Waals surface area contributed by atoms with Crippen molar-refractivity contribution in [2.75, 3.05) is 24.7 Å². The molecule has 1 aliphatic heterocycles. The van der Waals surface area contributed by atoms with Crippen LogP contribution in [0.1, 0.15) is 13.8 Å². The highest BCUT2D eigenvalue weighted by atomic mass is 16.5. The van der Waals surface area contributed by atoms with Gasteiger partial charge in [-0.2, -0.15) is 0 Å². The van der Waals surface area contributed by atoms with Crippen molar-refractivity contribution >= 4 is 11.6 Å². The molecule has 1 aromatic heterocycles. The average molecular weight is 249 g/mol. The summed E-state index contributed by atoms with van der Waals surface area (Å²) in [6, 6.07) is 3.40. The van der Waals surface area contributed by atoms with Gasteiger partial charge in [0.25, 0.3) is 0 Å². The summed E-state index contributed by atoms with van der Waals surface area (Å²) in [7, 11) is 0. The van der Waals surface area contributed by atoms with Crippen molar-refractivity contribution < 1.29 is 9.53 Å². The van der Waals surface area contributed by atoms with E-state index in [1.54, 1.807) is 17.3 Å². The topological polar surface area (TPSA) is 68.5 Å². The molecule has 1 aliphatic rings. The molecule has 1 amide bonds. The maximum atomic E-state index is 12.7. The van der Waals surface area contributed by atoms with Crippen molar-refractivity contribution in [2.45, 2.75) is 19.9 Å². The Labute approximate surface area is 107 Å². The zero-order chi connectivity index (χ0) is 13.2. The van der Waals surface area contributed by atoms with E-state index in [1.807, 2.05) is 26.0 Å². The predicted molar refractivity (Wildman–Crippen MR) is 69.2 cm³/mol. The molecule has 5 nitrogen and oxygen atoms in total. The Bertz CT molecular complexity index is 424. The molecule has 18 heavy (non-hydrogen) atoms. The quantitative estimate of drug-likeness (QED) is 0.860. The molecule has 2 rings (SSSR count). The summed E-state index contributed by atoms with van der Waals surface area (Å²) in [5, 5.41) is 0. The number of amides is 1. The molecule has 98 valence electrons. The average Bonchev–Trinajstić information content (AvgIpc) is 2.73. The van der Waals surface area contributed by atoms with Crippen molar-refractivity contribution in [3.05, 3.63) is 24.5 Å². The summed E-state index contributed by atoms with van der Waals surface area (Å²) in [5.74, 6) is 0.0150. The number of nitrogens with two attached hydrogens (primary N) is 1. The van der Waals surface area contributed by atoms with Crippen LogP contribution in [0.4, 0.5) is 5.69 Å². The SMILES string of the molecule is CCN(C(=O)C1(C)COCC1N)c1ccncc1. The smallest absolute Gasteiger partial charge is 0.236 e. The fourth-order valence-corrected chi connectivity index (χ4v) is 2.18. The second-order valence-electron chi connectivity index (χ2n) is 4.79. The van der Waals surface area contributed by atoms with Crippen LogP contribution in [0.15, 0.2) is 24.5 Å². The monoisotopic (exact) mass is 249 g/mol. The fourth-order valence-electron chi connectivity index (χ4n) is 2.18. The third-order valence-corrected chi connectivity index (χ3v) is 3.54. The third kappa shape index (κ3) is 2.11. The van der Waals surface area contributed by atoms with E-state index in [-0.39, 0.29) is 11.9 Å². The number of anilines is 1. The number of pyridine rings is 1. The molecule has 0 saturated carbocycles. The van der Waals surface area contributed by atoms with Gasteiger partial charge in [-0.3, -0.25) is 9.78 Å². The Morgan fingerprint density at radius 3 is 2.78 bits per heavy atom. The van der Waals surface area contributed by atoms with Crippen molar-refractivity contribution in [3.63, 3.8) is 0 Å². The van der Waals surface area contributed by atoms with Gasteiger partial charge in [-0.05, 0) is 26.0 Å². The van der Waals surface area contributed by atoms with Gasteiger partial charge in [-0.25, -0.2) is 0 Å². The highest BCUT2D eigenvalue weighted by Gasteiger charge is 2.46. The van der Waals surface area contributed by atoms with Crippen molar-refractivity contribution in [3.8, 4) is 0 Å². The lowest BCUT2D eigenvalue weighted by atomic mass is 9.84. The maximum absolute atomic E-state index is 12.7. The van der Waals surface area contributed by atoms with Crippen LogP contribution in [-0.4, -0.2) is 36.7 Å². The number of rotatable bonds is 3. The van der Waals surface area contributed by atoms with E-state index in [4.69, 9.17) is 10.5 Å². The molecule has 0 spiro atoms. The summed E-state index contributed by atoms with van der Waals surface area (Å²) >= 11 is 0. The summed E-state index contributed by atoms with van der Waals surface area (Å²) in [5.41, 5.74) is 6.21. The van der Waals surface area contributed by atoms with E-state index in [0.29, 0.717) is 19.8 Å². The fraction of sp³-hybridized carbons (Fsp3) is 0.538. The van der Waals surface area contributed by atoms with Gasteiger partial charge in [0.1, 0.15) is 0 Å². The van der Waals surface area contributed by atoms with Crippen LogP contribution in [-0.2, 0) is 9.53 Å². The molecule has 5 heteroatoms. The number of hydrogen-bond donors (Lipinski definition) is 1. The number of aromatic nitrogens is 1. The predicted octanol–water partition coefficient (Wildman–Crippen LogP) is 0.798. The van der Waals surface area contributed by atoms with Gasteiger partial charge in [0.15, 0.2) is 0 Å². The number of nitrogens with zero attached hydrogens (tertiary/aromatic N) is 2. The standard InChI is InChI=1S/C13H19N3O2/c1-3-16(10-4-6-15-7-5-10)12(17)13(2)9-18-8-11(13)14/h4-7,11H,3,8-9,14H2,1-2H3. The molecule has 0 bridgehead atoms. The van der Waals surface area contributed by atoms with Crippen LogP contribution in [0.2, 0.25) is 0 Å². The van der Waals surface area contributed by atoms with Crippen LogP contribution < -0.4 is 10.6 Å². The van der Waals surface area contributed by atoms with Crippen LogP contribution in [0, 0.1) is 5.41 Å². The molecule has 1 fully saturated rings. The Morgan fingerprint density at radius 1 is 1.61 bits per heavy atom. The van der Waals surface area contributed by atoms with E-state index in [1.165, 1.54) is 0 Å². The molecule has 2 N–H and O–H groups in total. The summed E-state index contributed by atoms with van der Waals surface area (Å²) in [4.78, 5) is 18.4. The Kier molecular flexibility index (Phi) is 3.63. The molecule has 1 aromatic rings. The highest BCUT2D eigenvalue weighted by Crippen LogP contribution is 2.31. The lowest BCUT2D eigenvalue weighted by Gasteiger charge is -2.32. The van der Waals surface area contributed by atoms with Crippen molar-refractivity contribution in [2.24, 2.45) is 11.1 Å². The zero-order valence-electron chi connectivity index (χ0n) is 10.8. The Balaban J connectivity index is 2.26. The zero-order valence-corrected chi connectivity index (χ0v) is 10.8. The largest absolute Gasteiger partial charge is 0.379 e. The van der Waals surface area contributed by atoms with Crippen LogP contribution in [0.5, 0.6) is 0 Å². The summed E-state index contributed by atoms with van der Waals surface area (Å²) < 4.78 is 5.34. The minimum absolute atomic E-state index is 0.0150. The second kappa shape index (κ2) is 5.04. The molecule has 0 radical (unpaired) electrons. The molecule has 2 atom stereocenters. The maximum Gasteiger partial charge on any atom is 0.236 e. The lowest BCUT2D eigenvalue weighted by molar-refractivity contribution is -0.127. The minimum Gasteiger partial charge on any atom is -0.379 e. The van der Waals surface area contributed by atoms with Crippen LogP contribution >= 0.6 is 0 Å². The Hall–Kier alpha value is -1.46. The first kappa shape index (κ1) is 13.0. The second-order valence-corrected chi connectivity index (χ2v) is 4.79. The van der Waals surface area contributed by atoms with E-state index in [0.717, 1.165) is 5.69 Å². The molecule has 0 aromatic carbocycles. The molecular formula is C13H19N3O2. The highest BCUT2D eigenvalue weighted by molar-refractivity contribution is 5.98. The number of hydrogen-bond acceptors (Lipinski definition) is 4. The van der Waals surface area contributed by atoms with E-state index < -0.39 is 5.41 Å². The normalized spacial score (nSPS) is 27.2. The van der Waals surface area contributed by atoms with Gasteiger partial charge in [0, 0.05) is 30.7 Å². The van der Waals surface area contributed by atoms with Gasteiger partial charge >= 0.3 is 0 Å². The van der Waals surface area contributed by atoms with E-state index in [2.05, 4.69) is 4.98 Å². The third-order valence-electron chi connectivity index (χ3n) is 3.54. The summed E-state index contributed by atoms with van der Waals surface area (Å²) in [6.45, 7) is 5.25. The first-order chi connectivity index (χ1) is 8.59. The Morgan fingerprint density at radius 2 is 2.28 bits per heavy atom. The van der Waals surface area contributed by atoms with Gasteiger partial charge in [0.2, 0.25) is 5.91 Å². The molecule has 0 aliphatic carbocycles. The van der Waals surface area contributed by atoms with Gasteiger partial charge in [0.05, 0.1) is 18.6 Å². The van der Waals surface area contributed by atoms with Crippen LogP contribution in [0.3, 0.4) is 0 Å². The van der Waals surface area contributed by atoms with E-state index >= 15 is 0 Å². The van der Waals surface area contributed by atoms with Gasteiger partial charge in [-0.1, -0.05) is 0 Å². The van der Waals surface area contributed by atoms with E-state index in [9.17, 15) is 4.79 Å². The molecule has 1 saturated heterocycles. The van der Waals surface area contributed by atoms with Gasteiger partial charge < -0.3 is 15.4 Å². The first-order valence-electron chi connectivity index (χ1n) is 6.15.